The molecule has 1 aromatic carbocycles. The lowest BCUT2D eigenvalue weighted by Gasteiger charge is -2.27. The van der Waals surface area contributed by atoms with Gasteiger partial charge in [0.1, 0.15) is 11.4 Å². The molecule has 154 valence electrons. The second kappa shape index (κ2) is 7.04. The average molecular weight is 410 g/mol. The number of hydrogen-bond acceptors (Lipinski definition) is 6. The molecule has 2 N–H and O–H groups in total. The first kappa shape index (κ1) is 20.6. The average Bonchev–Trinajstić information content (AvgIpc) is 3.16. The number of hydrogen-bond donors (Lipinski definition) is 1. The third-order valence-electron chi connectivity index (χ3n) is 5.21. The predicted molar refractivity (Wildman–Crippen MR) is 101 cm³/mol. The number of sulfonamides is 1. The maximum Gasteiger partial charge on any atom is 0.311 e. The number of nitrogens with two attached hydrogens (primary N) is 1. The van der Waals surface area contributed by atoms with Crippen molar-refractivity contribution in [2.24, 2.45) is 11.1 Å². The molecule has 3 atom stereocenters. The molecule has 2 aliphatic heterocycles. The van der Waals surface area contributed by atoms with Gasteiger partial charge < -0.3 is 14.4 Å². The van der Waals surface area contributed by atoms with Crippen molar-refractivity contribution in [2.75, 3.05) is 7.11 Å². The van der Waals surface area contributed by atoms with Crippen molar-refractivity contribution in [1.82, 2.24) is 4.90 Å². The van der Waals surface area contributed by atoms with E-state index in [1.807, 2.05) is 20.8 Å². The van der Waals surface area contributed by atoms with Gasteiger partial charge in [-0.2, -0.15) is 0 Å². The highest BCUT2D eigenvalue weighted by atomic mass is 32.2. The summed E-state index contributed by atoms with van der Waals surface area (Å²) in [6.45, 7) is 5.43. The van der Waals surface area contributed by atoms with Gasteiger partial charge in [-0.1, -0.05) is 0 Å². The topological polar surface area (TPSA) is 116 Å². The van der Waals surface area contributed by atoms with E-state index in [0.717, 1.165) is 6.42 Å². The highest BCUT2D eigenvalue weighted by Gasteiger charge is 2.52. The standard InChI is InChI=1S/C19H26N2O6S/c1-19(2,3)27-18(23)13-9-11-5-7-15(13)21(11)17(22)14-10-12(28(20,24)25)6-8-16(14)26-4/h6,8,10-11,13,15H,5,7,9H2,1-4H3,(H2,20,24,25). The third kappa shape index (κ3) is 3.86. The Bertz CT molecular complexity index is 905. The number of nitrogens with zero attached hydrogens (tertiary/aromatic N) is 1. The van der Waals surface area contributed by atoms with Crippen molar-refractivity contribution < 1.29 is 27.5 Å². The van der Waals surface area contributed by atoms with Crippen LogP contribution in [0.25, 0.3) is 0 Å². The Morgan fingerprint density at radius 1 is 1.21 bits per heavy atom. The van der Waals surface area contributed by atoms with Gasteiger partial charge in [-0.25, -0.2) is 13.6 Å². The Labute approximate surface area is 165 Å². The molecule has 28 heavy (non-hydrogen) atoms. The number of carbonyl (C=O) groups excluding carboxylic acids is 2. The van der Waals surface area contributed by atoms with E-state index in [9.17, 15) is 18.0 Å². The monoisotopic (exact) mass is 410 g/mol. The Balaban J connectivity index is 1.91. The molecule has 2 fully saturated rings. The fraction of sp³-hybridized carbons (Fsp3) is 0.579. The molecule has 9 heteroatoms. The molecule has 0 aromatic heterocycles. The Morgan fingerprint density at radius 3 is 2.46 bits per heavy atom. The zero-order valence-corrected chi connectivity index (χ0v) is 17.3. The molecule has 0 aliphatic carbocycles. The van der Waals surface area contributed by atoms with Gasteiger partial charge in [0.25, 0.3) is 5.91 Å². The SMILES string of the molecule is COc1ccc(S(N)(=O)=O)cc1C(=O)N1C2CCC1C(C(=O)OC(C)(C)C)C2. The number of esters is 1. The van der Waals surface area contributed by atoms with Crippen molar-refractivity contribution in [1.29, 1.82) is 0 Å². The van der Waals surface area contributed by atoms with Crippen LogP contribution in [-0.4, -0.2) is 50.0 Å². The first-order valence-corrected chi connectivity index (χ1v) is 10.7. The van der Waals surface area contributed by atoms with Gasteiger partial charge in [0.05, 0.1) is 23.5 Å². The lowest BCUT2D eigenvalue weighted by atomic mass is 9.89. The lowest BCUT2D eigenvalue weighted by molar-refractivity contribution is -0.160. The first-order chi connectivity index (χ1) is 12.9. The van der Waals surface area contributed by atoms with E-state index < -0.39 is 15.6 Å². The highest BCUT2D eigenvalue weighted by molar-refractivity contribution is 7.89. The summed E-state index contributed by atoms with van der Waals surface area (Å²) >= 11 is 0. The number of benzene rings is 1. The van der Waals surface area contributed by atoms with Crippen LogP contribution in [0.4, 0.5) is 0 Å². The van der Waals surface area contributed by atoms with Crippen LogP contribution in [0.15, 0.2) is 23.1 Å². The van der Waals surface area contributed by atoms with Crippen LogP contribution < -0.4 is 9.88 Å². The van der Waals surface area contributed by atoms with Gasteiger partial charge in [0.2, 0.25) is 10.0 Å². The molecule has 3 rings (SSSR count). The molecule has 2 saturated heterocycles. The molecule has 1 amide bonds. The van der Waals surface area contributed by atoms with E-state index in [1.165, 1.54) is 25.3 Å². The van der Waals surface area contributed by atoms with Crippen LogP contribution in [0.5, 0.6) is 5.75 Å². The molecule has 1 aromatic rings. The molecule has 2 bridgehead atoms. The second-order valence-electron chi connectivity index (χ2n) is 8.29. The van der Waals surface area contributed by atoms with Crippen molar-refractivity contribution in [2.45, 2.75) is 62.6 Å². The Hall–Kier alpha value is -2.13. The summed E-state index contributed by atoms with van der Waals surface area (Å²) in [5.74, 6) is -0.782. The molecular formula is C19H26N2O6S. The normalized spacial score (nSPS) is 24.3. The molecular weight excluding hydrogens is 384 g/mol. The minimum atomic E-state index is -3.96. The van der Waals surface area contributed by atoms with Crippen molar-refractivity contribution in [3.8, 4) is 5.75 Å². The van der Waals surface area contributed by atoms with E-state index >= 15 is 0 Å². The summed E-state index contributed by atoms with van der Waals surface area (Å²) in [5, 5.41) is 5.20. The zero-order valence-electron chi connectivity index (χ0n) is 16.5. The van der Waals surface area contributed by atoms with Crippen LogP contribution in [0.2, 0.25) is 0 Å². The molecule has 2 heterocycles. The molecule has 8 nitrogen and oxygen atoms in total. The van der Waals surface area contributed by atoms with Gasteiger partial charge in [-0.3, -0.25) is 9.59 Å². The van der Waals surface area contributed by atoms with Gasteiger partial charge in [0, 0.05) is 12.1 Å². The van der Waals surface area contributed by atoms with Crippen molar-refractivity contribution in [3.63, 3.8) is 0 Å². The number of amides is 1. The van der Waals surface area contributed by atoms with E-state index in [1.54, 1.807) is 4.90 Å². The summed E-state index contributed by atoms with van der Waals surface area (Å²) < 4.78 is 34.2. The molecule has 2 aliphatic rings. The maximum absolute atomic E-state index is 13.3. The summed E-state index contributed by atoms with van der Waals surface area (Å²) in [6, 6.07) is 3.59. The number of primary sulfonamides is 1. The van der Waals surface area contributed by atoms with Crippen LogP contribution in [-0.2, 0) is 19.6 Å². The molecule has 3 unspecified atom stereocenters. The fourth-order valence-corrected chi connectivity index (χ4v) is 4.65. The van der Waals surface area contributed by atoms with Gasteiger partial charge >= 0.3 is 5.97 Å². The quantitative estimate of drug-likeness (QED) is 0.755. The van der Waals surface area contributed by atoms with E-state index in [0.29, 0.717) is 12.8 Å². The fourth-order valence-electron chi connectivity index (χ4n) is 4.11. The van der Waals surface area contributed by atoms with E-state index in [-0.39, 0.29) is 46.1 Å². The number of methoxy groups -OCH3 is 1. The largest absolute Gasteiger partial charge is 0.496 e. The summed E-state index contributed by atoms with van der Waals surface area (Å²) in [4.78, 5) is 27.4. The third-order valence-corrected chi connectivity index (χ3v) is 6.12. The minimum absolute atomic E-state index is 0.0853. The second-order valence-corrected chi connectivity index (χ2v) is 9.86. The number of fused-ring (bicyclic) bond motifs is 2. The number of carbonyl (C=O) groups is 2. The Morgan fingerprint density at radius 2 is 1.89 bits per heavy atom. The number of rotatable bonds is 4. The lowest BCUT2D eigenvalue weighted by Crippen LogP contribution is -2.39. The summed E-state index contributed by atoms with van der Waals surface area (Å²) in [6.07, 6.45) is 2.05. The van der Waals surface area contributed by atoms with Gasteiger partial charge in [-0.15, -0.1) is 0 Å². The highest BCUT2D eigenvalue weighted by Crippen LogP contribution is 2.44. The van der Waals surface area contributed by atoms with E-state index in [2.05, 4.69) is 0 Å². The zero-order chi connectivity index (χ0) is 20.9. The van der Waals surface area contributed by atoms with E-state index in [4.69, 9.17) is 14.6 Å². The van der Waals surface area contributed by atoms with Crippen LogP contribution in [0, 0.1) is 5.92 Å². The van der Waals surface area contributed by atoms with Gasteiger partial charge in [-0.05, 0) is 58.2 Å². The Kier molecular flexibility index (Phi) is 5.18. The molecule has 0 radical (unpaired) electrons. The summed E-state index contributed by atoms with van der Waals surface area (Å²) in [5.41, 5.74) is -0.475. The first-order valence-electron chi connectivity index (χ1n) is 9.19. The number of ether oxygens (including phenoxy) is 2. The van der Waals surface area contributed by atoms with Crippen LogP contribution >= 0.6 is 0 Å². The summed E-state index contributed by atoms with van der Waals surface area (Å²) in [7, 11) is -2.56. The van der Waals surface area contributed by atoms with Gasteiger partial charge in [0.15, 0.2) is 0 Å². The smallest absolute Gasteiger partial charge is 0.311 e. The molecule has 0 spiro atoms. The van der Waals surface area contributed by atoms with Crippen molar-refractivity contribution >= 4 is 21.9 Å². The van der Waals surface area contributed by atoms with Crippen LogP contribution in [0.1, 0.15) is 50.4 Å². The predicted octanol–water partition coefficient (Wildman–Crippen LogP) is 1.68. The van der Waals surface area contributed by atoms with Crippen molar-refractivity contribution in [3.05, 3.63) is 23.8 Å². The maximum atomic E-state index is 13.3. The molecule has 0 saturated carbocycles. The van der Waals surface area contributed by atoms with Crippen LogP contribution in [0.3, 0.4) is 0 Å². The minimum Gasteiger partial charge on any atom is -0.496 e.